The highest BCUT2D eigenvalue weighted by atomic mass is 35.5. The van der Waals surface area contributed by atoms with Crippen LogP contribution in [0, 0.1) is 11.3 Å². The summed E-state index contributed by atoms with van der Waals surface area (Å²) in [6.45, 7) is -0.179. The number of hydrogen-bond donors (Lipinski definition) is 2. The second-order valence-electron chi connectivity index (χ2n) is 4.44. The molecule has 5 nitrogen and oxygen atoms in total. The van der Waals surface area contributed by atoms with Crippen molar-refractivity contribution in [3.8, 4) is 11.8 Å². The minimum absolute atomic E-state index is 0.129. The Morgan fingerprint density at radius 1 is 1.26 bits per heavy atom. The standard InChI is InChI=1S/C16H12ClN3O2S/c17-12-4-6-14(7-5-12)22-10-15(21)20-16(23)19-13-3-1-2-11(8-13)9-18/h1-8H,10H2,(H2,19,20,21,23). The van der Waals surface area contributed by atoms with Crippen LogP contribution in [0.4, 0.5) is 5.69 Å². The summed E-state index contributed by atoms with van der Waals surface area (Å²) in [4.78, 5) is 11.8. The maximum Gasteiger partial charge on any atom is 0.264 e. The van der Waals surface area contributed by atoms with Gasteiger partial charge in [-0.2, -0.15) is 5.26 Å². The van der Waals surface area contributed by atoms with Crippen molar-refractivity contribution < 1.29 is 9.53 Å². The second kappa shape index (κ2) is 8.13. The Bertz CT molecular complexity index is 757. The van der Waals surface area contributed by atoms with Crippen molar-refractivity contribution >= 4 is 40.5 Å². The molecule has 2 N–H and O–H groups in total. The predicted molar refractivity (Wildman–Crippen MR) is 92.5 cm³/mol. The van der Waals surface area contributed by atoms with E-state index in [0.717, 1.165) is 0 Å². The lowest BCUT2D eigenvalue weighted by atomic mass is 10.2. The van der Waals surface area contributed by atoms with Gasteiger partial charge in [0.2, 0.25) is 0 Å². The molecular formula is C16H12ClN3O2S. The number of nitrogens with one attached hydrogen (secondary N) is 2. The summed E-state index contributed by atoms with van der Waals surface area (Å²) in [7, 11) is 0. The molecule has 0 aliphatic rings. The molecule has 0 aliphatic carbocycles. The Balaban J connectivity index is 1.81. The zero-order valence-corrected chi connectivity index (χ0v) is 13.4. The van der Waals surface area contributed by atoms with Gasteiger partial charge in [-0.25, -0.2) is 0 Å². The second-order valence-corrected chi connectivity index (χ2v) is 5.28. The van der Waals surface area contributed by atoms with Crippen LogP contribution in [0.15, 0.2) is 48.5 Å². The maximum atomic E-state index is 11.8. The van der Waals surface area contributed by atoms with Gasteiger partial charge in [0, 0.05) is 10.7 Å². The lowest BCUT2D eigenvalue weighted by Crippen LogP contribution is -2.37. The van der Waals surface area contributed by atoms with E-state index < -0.39 is 5.91 Å². The quantitative estimate of drug-likeness (QED) is 0.833. The fourth-order valence-electron chi connectivity index (χ4n) is 1.67. The monoisotopic (exact) mass is 345 g/mol. The van der Waals surface area contributed by atoms with Crippen LogP contribution in [-0.2, 0) is 4.79 Å². The molecule has 23 heavy (non-hydrogen) atoms. The fourth-order valence-corrected chi connectivity index (χ4v) is 2.03. The first-order valence-electron chi connectivity index (χ1n) is 6.56. The van der Waals surface area contributed by atoms with E-state index >= 15 is 0 Å². The third kappa shape index (κ3) is 5.58. The highest BCUT2D eigenvalue weighted by Gasteiger charge is 2.06. The van der Waals surface area contributed by atoms with Crippen LogP contribution >= 0.6 is 23.8 Å². The molecule has 1 amide bonds. The molecule has 2 aromatic rings. The molecule has 0 aromatic heterocycles. The number of carbonyl (C=O) groups is 1. The van der Waals surface area contributed by atoms with Crippen molar-refractivity contribution in [1.82, 2.24) is 5.32 Å². The fraction of sp³-hybridized carbons (Fsp3) is 0.0625. The van der Waals surface area contributed by atoms with E-state index in [-0.39, 0.29) is 11.7 Å². The van der Waals surface area contributed by atoms with E-state index in [0.29, 0.717) is 22.0 Å². The van der Waals surface area contributed by atoms with Crippen molar-refractivity contribution in [2.24, 2.45) is 0 Å². The normalized spacial score (nSPS) is 9.57. The lowest BCUT2D eigenvalue weighted by molar-refractivity contribution is -0.121. The minimum Gasteiger partial charge on any atom is -0.484 e. The molecular weight excluding hydrogens is 334 g/mol. The minimum atomic E-state index is -0.395. The van der Waals surface area contributed by atoms with Crippen LogP contribution in [0.1, 0.15) is 5.56 Å². The van der Waals surface area contributed by atoms with Gasteiger partial charge in [-0.3, -0.25) is 10.1 Å². The lowest BCUT2D eigenvalue weighted by Gasteiger charge is -2.10. The number of nitrogens with zero attached hydrogens (tertiary/aromatic N) is 1. The molecule has 0 unspecified atom stereocenters. The van der Waals surface area contributed by atoms with Gasteiger partial charge in [0.15, 0.2) is 11.7 Å². The Kier molecular flexibility index (Phi) is 5.92. The van der Waals surface area contributed by atoms with Gasteiger partial charge < -0.3 is 10.1 Å². The number of hydrogen-bond acceptors (Lipinski definition) is 4. The summed E-state index contributed by atoms with van der Waals surface area (Å²) in [6, 6.07) is 15.5. The average Bonchev–Trinajstić information content (AvgIpc) is 2.54. The van der Waals surface area contributed by atoms with Gasteiger partial charge in [0.05, 0.1) is 11.6 Å². The number of halogens is 1. The van der Waals surface area contributed by atoms with E-state index in [1.165, 1.54) is 0 Å². The number of amides is 1. The molecule has 2 aromatic carbocycles. The number of ether oxygens (including phenoxy) is 1. The molecule has 7 heteroatoms. The molecule has 116 valence electrons. The summed E-state index contributed by atoms with van der Waals surface area (Å²) < 4.78 is 5.31. The summed E-state index contributed by atoms with van der Waals surface area (Å²) >= 11 is 10.8. The van der Waals surface area contributed by atoms with Gasteiger partial charge in [-0.15, -0.1) is 0 Å². The van der Waals surface area contributed by atoms with Gasteiger partial charge in [0.25, 0.3) is 5.91 Å². The van der Waals surface area contributed by atoms with Crippen molar-refractivity contribution in [3.63, 3.8) is 0 Å². The average molecular weight is 346 g/mol. The van der Waals surface area contributed by atoms with E-state index in [1.54, 1.807) is 48.5 Å². The Morgan fingerprint density at radius 2 is 2.00 bits per heavy atom. The Labute approximate surface area is 143 Å². The van der Waals surface area contributed by atoms with Gasteiger partial charge in [0.1, 0.15) is 5.75 Å². The number of thiocarbonyl (C=S) groups is 1. The molecule has 0 fully saturated rings. The third-order valence-corrected chi connectivity index (χ3v) is 3.14. The molecule has 0 aliphatic heterocycles. The first kappa shape index (κ1) is 16.7. The number of nitriles is 1. The first-order valence-corrected chi connectivity index (χ1v) is 7.35. The number of rotatable bonds is 4. The van der Waals surface area contributed by atoms with Gasteiger partial charge >= 0.3 is 0 Å². The highest BCUT2D eigenvalue weighted by Crippen LogP contribution is 2.15. The van der Waals surface area contributed by atoms with Crippen LogP contribution in [-0.4, -0.2) is 17.6 Å². The van der Waals surface area contributed by atoms with E-state index in [2.05, 4.69) is 10.6 Å². The zero-order chi connectivity index (χ0) is 16.7. The molecule has 0 bridgehead atoms. The zero-order valence-electron chi connectivity index (χ0n) is 11.9. The summed E-state index contributed by atoms with van der Waals surface area (Å²) in [6.07, 6.45) is 0. The Hall–Kier alpha value is -2.62. The molecule has 0 saturated heterocycles. The van der Waals surface area contributed by atoms with Crippen molar-refractivity contribution in [3.05, 3.63) is 59.1 Å². The Morgan fingerprint density at radius 3 is 2.70 bits per heavy atom. The molecule has 0 spiro atoms. The summed E-state index contributed by atoms with van der Waals surface area (Å²) in [5.74, 6) is 0.138. The molecule has 0 heterocycles. The smallest absolute Gasteiger partial charge is 0.264 e. The third-order valence-electron chi connectivity index (χ3n) is 2.69. The number of carbonyl (C=O) groups excluding carboxylic acids is 1. The molecule has 2 rings (SSSR count). The van der Waals surface area contributed by atoms with E-state index in [4.69, 9.17) is 33.8 Å². The van der Waals surface area contributed by atoms with Crippen LogP contribution < -0.4 is 15.4 Å². The molecule has 0 radical (unpaired) electrons. The summed E-state index contributed by atoms with van der Waals surface area (Å²) in [5.41, 5.74) is 1.11. The van der Waals surface area contributed by atoms with Crippen LogP contribution in [0.5, 0.6) is 5.75 Å². The first-order chi connectivity index (χ1) is 11.1. The number of anilines is 1. The van der Waals surface area contributed by atoms with E-state index in [1.807, 2.05) is 6.07 Å². The topological polar surface area (TPSA) is 74.2 Å². The van der Waals surface area contributed by atoms with Crippen molar-refractivity contribution in [2.45, 2.75) is 0 Å². The highest BCUT2D eigenvalue weighted by molar-refractivity contribution is 7.80. The molecule has 0 saturated carbocycles. The largest absolute Gasteiger partial charge is 0.484 e. The van der Waals surface area contributed by atoms with Crippen LogP contribution in [0.3, 0.4) is 0 Å². The van der Waals surface area contributed by atoms with Crippen LogP contribution in [0.25, 0.3) is 0 Å². The molecule has 0 atom stereocenters. The summed E-state index contributed by atoms with van der Waals surface area (Å²) in [5, 5.41) is 14.9. The van der Waals surface area contributed by atoms with Gasteiger partial charge in [-0.05, 0) is 54.7 Å². The van der Waals surface area contributed by atoms with Crippen molar-refractivity contribution in [2.75, 3.05) is 11.9 Å². The maximum absolute atomic E-state index is 11.8. The predicted octanol–water partition coefficient (Wildman–Crippen LogP) is 3.10. The van der Waals surface area contributed by atoms with Crippen LogP contribution in [0.2, 0.25) is 5.02 Å². The van der Waals surface area contributed by atoms with Gasteiger partial charge in [-0.1, -0.05) is 17.7 Å². The van der Waals surface area contributed by atoms with Crippen molar-refractivity contribution in [1.29, 1.82) is 5.26 Å². The van der Waals surface area contributed by atoms with E-state index in [9.17, 15) is 4.79 Å². The number of benzene rings is 2. The SMILES string of the molecule is N#Cc1cccc(NC(=S)NC(=O)COc2ccc(Cl)cc2)c1.